The molecule has 112 valence electrons. The van der Waals surface area contributed by atoms with E-state index in [1.54, 1.807) is 0 Å². The summed E-state index contributed by atoms with van der Waals surface area (Å²) in [6.45, 7) is 2.20. The third-order valence-electron chi connectivity index (χ3n) is 4.28. The number of nitrogens with one attached hydrogen (secondary N) is 1. The zero-order chi connectivity index (χ0) is 14.8. The van der Waals surface area contributed by atoms with Gasteiger partial charge in [-0.3, -0.25) is 4.79 Å². The monoisotopic (exact) mass is 287 g/mol. The molecule has 2 N–H and O–H groups in total. The van der Waals surface area contributed by atoms with Gasteiger partial charge in [-0.2, -0.15) is 0 Å². The van der Waals surface area contributed by atoms with Crippen LogP contribution in [0.1, 0.15) is 41.7 Å². The third kappa shape index (κ3) is 3.08. The number of carbonyl (C=O) groups is 1. The summed E-state index contributed by atoms with van der Waals surface area (Å²) in [4.78, 5) is 16.7. The topological polar surface area (TPSA) is 66.6 Å². The van der Waals surface area contributed by atoms with Gasteiger partial charge in [-0.1, -0.05) is 0 Å². The highest BCUT2D eigenvalue weighted by atomic mass is 16.3. The first kappa shape index (κ1) is 14.1. The molecule has 3 rings (SSSR count). The number of pyridine rings is 1. The molecule has 1 fully saturated rings. The minimum atomic E-state index is -0.0365. The number of carbonyl (C=O) groups excluding carboxylic acids is 1. The van der Waals surface area contributed by atoms with Crippen LogP contribution in [-0.2, 0) is 0 Å². The van der Waals surface area contributed by atoms with Crippen molar-refractivity contribution in [1.29, 1.82) is 0 Å². The van der Waals surface area contributed by atoms with Gasteiger partial charge in [0.2, 0.25) is 0 Å². The molecule has 0 saturated heterocycles. The minimum Gasteiger partial charge on any atom is -0.396 e. The molecule has 0 spiro atoms. The predicted molar refractivity (Wildman–Crippen MR) is 80.2 cm³/mol. The van der Waals surface area contributed by atoms with Crippen molar-refractivity contribution in [2.24, 2.45) is 5.92 Å². The molecule has 2 aromatic rings. The molecule has 1 aliphatic carbocycles. The summed E-state index contributed by atoms with van der Waals surface area (Å²) in [5, 5.41) is 12.2. The van der Waals surface area contributed by atoms with E-state index in [0.29, 0.717) is 11.5 Å². The molecule has 1 saturated carbocycles. The third-order valence-corrected chi connectivity index (χ3v) is 4.28. The number of imidazole rings is 1. The Morgan fingerprint density at radius 2 is 2.19 bits per heavy atom. The molecule has 0 unspecified atom stereocenters. The molecular weight excluding hydrogens is 266 g/mol. The Labute approximate surface area is 124 Å². The molecule has 5 heteroatoms. The van der Waals surface area contributed by atoms with Gasteiger partial charge in [0.25, 0.3) is 5.91 Å². The van der Waals surface area contributed by atoms with Gasteiger partial charge in [0, 0.05) is 30.6 Å². The van der Waals surface area contributed by atoms with Crippen molar-refractivity contribution in [3.8, 4) is 0 Å². The number of aromatic nitrogens is 2. The second kappa shape index (κ2) is 5.85. The van der Waals surface area contributed by atoms with Crippen molar-refractivity contribution in [3.63, 3.8) is 0 Å². The van der Waals surface area contributed by atoms with Crippen LogP contribution in [0.25, 0.3) is 5.65 Å². The van der Waals surface area contributed by atoms with E-state index in [2.05, 4.69) is 10.3 Å². The number of nitrogens with zero attached hydrogens (tertiary/aromatic N) is 2. The normalized spacial score (nSPS) is 22.4. The van der Waals surface area contributed by atoms with E-state index in [0.717, 1.165) is 37.0 Å². The Kier molecular flexibility index (Phi) is 3.92. The molecule has 0 bridgehead atoms. The Balaban J connectivity index is 1.66. The number of aliphatic hydroxyl groups is 1. The quantitative estimate of drug-likeness (QED) is 0.906. The summed E-state index contributed by atoms with van der Waals surface area (Å²) in [5.74, 6) is 0.369. The minimum absolute atomic E-state index is 0.0365. The second-order valence-corrected chi connectivity index (χ2v) is 5.94. The molecule has 0 aliphatic heterocycles. The van der Waals surface area contributed by atoms with Crippen LogP contribution in [0.4, 0.5) is 0 Å². The van der Waals surface area contributed by atoms with Crippen LogP contribution in [-0.4, -0.2) is 33.0 Å². The maximum absolute atomic E-state index is 12.3. The van der Waals surface area contributed by atoms with Gasteiger partial charge in [-0.25, -0.2) is 4.98 Å². The molecule has 2 aromatic heterocycles. The van der Waals surface area contributed by atoms with Crippen LogP contribution in [0.5, 0.6) is 0 Å². The lowest BCUT2D eigenvalue weighted by Crippen LogP contribution is -2.38. The number of rotatable bonds is 3. The van der Waals surface area contributed by atoms with Gasteiger partial charge in [-0.15, -0.1) is 0 Å². The predicted octanol–water partition coefficient (Wildman–Crippen LogP) is 1.92. The van der Waals surface area contributed by atoms with Crippen molar-refractivity contribution < 1.29 is 9.90 Å². The van der Waals surface area contributed by atoms with Crippen molar-refractivity contribution in [3.05, 3.63) is 35.8 Å². The fraction of sp³-hybridized carbons (Fsp3) is 0.500. The fourth-order valence-electron chi connectivity index (χ4n) is 3.01. The van der Waals surface area contributed by atoms with Crippen LogP contribution in [0, 0.1) is 12.8 Å². The molecule has 0 radical (unpaired) electrons. The molecule has 5 nitrogen and oxygen atoms in total. The number of hydrogen-bond donors (Lipinski definition) is 2. The van der Waals surface area contributed by atoms with Crippen molar-refractivity contribution in [1.82, 2.24) is 14.7 Å². The Morgan fingerprint density at radius 3 is 2.90 bits per heavy atom. The van der Waals surface area contributed by atoms with Crippen molar-refractivity contribution in [2.75, 3.05) is 6.61 Å². The standard InChI is InChI=1S/C16H21N3O2/c1-11-9-19-7-6-13(8-15(19)17-11)16(21)18-14-4-2-12(10-20)3-5-14/h6-9,12,14,20H,2-5,10H2,1H3,(H,18,21). The zero-order valence-electron chi connectivity index (χ0n) is 12.2. The van der Waals surface area contributed by atoms with E-state index in [9.17, 15) is 4.79 Å². The molecule has 2 heterocycles. The maximum atomic E-state index is 12.3. The smallest absolute Gasteiger partial charge is 0.251 e. The van der Waals surface area contributed by atoms with Crippen molar-refractivity contribution >= 4 is 11.6 Å². The fourth-order valence-corrected chi connectivity index (χ4v) is 3.01. The van der Waals surface area contributed by atoms with Crippen LogP contribution in [0.15, 0.2) is 24.5 Å². The number of aryl methyl sites for hydroxylation is 1. The number of fused-ring (bicyclic) bond motifs is 1. The van der Waals surface area contributed by atoms with Gasteiger partial charge in [-0.05, 0) is 50.7 Å². The van der Waals surface area contributed by atoms with E-state index in [1.807, 2.05) is 35.9 Å². The van der Waals surface area contributed by atoms with Crippen LogP contribution in [0.3, 0.4) is 0 Å². The van der Waals surface area contributed by atoms with Gasteiger partial charge in [0.05, 0.1) is 5.69 Å². The van der Waals surface area contributed by atoms with E-state index in [1.165, 1.54) is 0 Å². The van der Waals surface area contributed by atoms with E-state index in [4.69, 9.17) is 5.11 Å². The molecule has 0 atom stereocenters. The summed E-state index contributed by atoms with van der Waals surface area (Å²) >= 11 is 0. The number of hydrogen-bond acceptors (Lipinski definition) is 3. The highest BCUT2D eigenvalue weighted by Gasteiger charge is 2.22. The first-order chi connectivity index (χ1) is 10.2. The van der Waals surface area contributed by atoms with Crippen LogP contribution < -0.4 is 5.32 Å². The van der Waals surface area contributed by atoms with Crippen LogP contribution in [0.2, 0.25) is 0 Å². The SMILES string of the molecule is Cc1cn2ccc(C(=O)NC3CCC(CO)CC3)cc2n1. The lowest BCUT2D eigenvalue weighted by Gasteiger charge is -2.27. The highest BCUT2D eigenvalue weighted by Crippen LogP contribution is 2.24. The average molecular weight is 287 g/mol. The lowest BCUT2D eigenvalue weighted by atomic mass is 9.86. The van der Waals surface area contributed by atoms with E-state index < -0.39 is 0 Å². The first-order valence-corrected chi connectivity index (χ1v) is 7.53. The number of aliphatic hydroxyl groups excluding tert-OH is 1. The van der Waals surface area contributed by atoms with Gasteiger partial charge in [0.1, 0.15) is 5.65 Å². The summed E-state index contributed by atoms with van der Waals surface area (Å²) < 4.78 is 1.92. The van der Waals surface area contributed by atoms with Gasteiger partial charge in [0.15, 0.2) is 0 Å². The Morgan fingerprint density at radius 1 is 1.43 bits per heavy atom. The molecule has 21 heavy (non-hydrogen) atoms. The largest absolute Gasteiger partial charge is 0.396 e. The lowest BCUT2D eigenvalue weighted by molar-refractivity contribution is 0.0914. The summed E-state index contributed by atoms with van der Waals surface area (Å²) in [6, 6.07) is 3.86. The molecular formula is C16H21N3O2. The van der Waals surface area contributed by atoms with Gasteiger partial charge < -0.3 is 14.8 Å². The Bertz CT molecular complexity index is 642. The molecule has 1 aliphatic rings. The van der Waals surface area contributed by atoms with Crippen molar-refractivity contribution in [2.45, 2.75) is 38.6 Å². The highest BCUT2D eigenvalue weighted by molar-refractivity contribution is 5.95. The van der Waals surface area contributed by atoms with Crippen LogP contribution >= 0.6 is 0 Å². The maximum Gasteiger partial charge on any atom is 0.251 e. The number of amides is 1. The summed E-state index contributed by atoms with van der Waals surface area (Å²) in [6.07, 6.45) is 7.67. The summed E-state index contributed by atoms with van der Waals surface area (Å²) in [7, 11) is 0. The average Bonchev–Trinajstić information content (AvgIpc) is 2.87. The first-order valence-electron chi connectivity index (χ1n) is 7.53. The zero-order valence-corrected chi connectivity index (χ0v) is 12.2. The second-order valence-electron chi connectivity index (χ2n) is 5.94. The molecule has 0 aromatic carbocycles. The summed E-state index contributed by atoms with van der Waals surface area (Å²) in [5.41, 5.74) is 2.39. The molecule has 1 amide bonds. The Hall–Kier alpha value is -1.88. The van der Waals surface area contributed by atoms with E-state index in [-0.39, 0.29) is 18.6 Å². The van der Waals surface area contributed by atoms with Gasteiger partial charge >= 0.3 is 0 Å². The van der Waals surface area contributed by atoms with E-state index >= 15 is 0 Å².